The van der Waals surface area contributed by atoms with E-state index in [0.717, 1.165) is 23.8 Å². The second-order valence-electron chi connectivity index (χ2n) is 5.31. The minimum absolute atomic E-state index is 0.793. The molecule has 0 saturated carbocycles. The Morgan fingerprint density at radius 3 is 2.46 bits per heavy atom. The molecule has 78 valence electrons. The summed E-state index contributed by atoms with van der Waals surface area (Å²) in [6, 6.07) is 0.793. The lowest BCUT2D eigenvalue weighted by Crippen LogP contribution is -2.40. The number of nitrogens with one attached hydrogen (secondary N) is 1. The van der Waals surface area contributed by atoms with Crippen LogP contribution in [0, 0.1) is 17.8 Å². The van der Waals surface area contributed by atoms with Gasteiger partial charge in [0.15, 0.2) is 0 Å². The van der Waals surface area contributed by atoms with Crippen LogP contribution >= 0.6 is 0 Å². The van der Waals surface area contributed by atoms with E-state index in [1.807, 2.05) is 0 Å². The molecule has 1 fully saturated rings. The third-order valence-corrected chi connectivity index (χ3v) is 3.23. The van der Waals surface area contributed by atoms with E-state index in [1.165, 1.54) is 25.8 Å². The van der Waals surface area contributed by atoms with Crippen molar-refractivity contribution in [1.29, 1.82) is 0 Å². The number of hydrogen-bond acceptors (Lipinski definition) is 1. The van der Waals surface area contributed by atoms with Crippen molar-refractivity contribution in [2.24, 2.45) is 17.8 Å². The highest BCUT2D eigenvalue weighted by Crippen LogP contribution is 2.26. The maximum atomic E-state index is 3.64. The highest BCUT2D eigenvalue weighted by molar-refractivity contribution is 4.80. The fourth-order valence-electron chi connectivity index (χ4n) is 2.39. The molecule has 0 spiro atoms. The Balaban J connectivity index is 2.33. The molecule has 0 amide bonds. The normalized spacial score (nSPS) is 30.0. The van der Waals surface area contributed by atoms with Gasteiger partial charge in [0.25, 0.3) is 0 Å². The average molecular weight is 183 g/mol. The van der Waals surface area contributed by atoms with Crippen LogP contribution < -0.4 is 5.32 Å². The topological polar surface area (TPSA) is 12.0 Å². The summed E-state index contributed by atoms with van der Waals surface area (Å²) in [4.78, 5) is 0. The molecule has 1 heteroatoms. The van der Waals surface area contributed by atoms with E-state index in [-0.39, 0.29) is 0 Å². The van der Waals surface area contributed by atoms with E-state index >= 15 is 0 Å². The standard InChI is InChI=1S/C12H25N/c1-9(2)7-12-8-11(10(3)4)5-6-13-12/h9-13H,5-8H2,1-4H3. The molecular formula is C12H25N. The van der Waals surface area contributed by atoms with Gasteiger partial charge in [-0.05, 0) is 43.6 Å². The van der Waals surface area contributed by atoms with Crippen molar-refractivity contribution in [3.05, 3.63) is 0 Å². The first kappa shape index (κ1) is 11.0. The van der Waals surface area contributed by atoms with Gasteiger partial charge in [0.2, 0.25) is 0 Å². The molecule has 0 aliphatic carbocycles. The number of piperidine rings is 1. The van der Waals surface area contributed by atoms with Gasteiger partial charge in [-0.15, -0.1) is 0 Å². The lowest BCUT2D eigenvalue weighted by atomic mass is 9.82. The predicted octanol–water partition coefficient (Wildman–Crippen LogP) is 3.06. The van der Waals surface area contributed by atoms with Crippen molar-refractivity contribution in [2.75, 3.05) is 6.54 Å². The summed E-state index contributed by atoms with van der Waals surface area (Å²) in [6.45, 7) is 10.6. The van der Waals surface area contributed by atoms with E-state index < -0.39 is 0 Å². The van der Waals surface area contributed by atoms with E-state index in [9.17, 15) is 0 Å². The molecule has 1 saturated heterocycles. The monoisotopic (exact) mass is 183 g/mol. The van der Waals surface area contributed by atoms with Gasteiger partial charge in [-0.2, -0.15) is 0 Å². The Kier molecular flexibility index (Phi) is 4.24. The molecule has 0 aromatic carbocycles. The highest BCUT2D eigenvalue weighted by Gasteiger charge is 2.23. The zero-order valence-corrected chi connectivity index (χ0v) is 9.64. The first-order valence-electron chi connectivity index (χ1n) is 5.83. The largest absolute Gasteiger partial charge is 0.314 e. The Bertz CT molecular complexity index is 140. The molecule has 13 heavy (non-hydrogen) atoms. The molecule has 0 bridgehead atoms. The van der Waals surface area contributed by atoms with Crippen LogP contribution in [0.2, 0.25) is 0 Å². The van der Waals surface area contributed by atoms with Crippen LogP contribution in [0.5, 0.6) is 0 Å². The summed E-state index contributed by atoms with van der Waals surface area (Å²) in [7, 11) is 0. The summed E-state index contributed by atoms with van der Waals surface area (Å²) in [5.41, 5.74) is 0. The van der Waals surface area contributed by atoms with Crippen LogP contribution in [0.1, 0.15) is 47.0 Å². The molecule has 0 aromatic rings. The second-order valence-corrected chi connectivity index (χ2v) is 5.31. The molecule has 0 aromatic heterocycles. The Morgan fingerprint density at radius 2 is 1.92 bits per heavy atom. The molecule has 1 aliphatic heterocycles. The van der Waals surface area contributed by atoms with Gasteiger partial charge < -0.3 is 5.32 Å². The van der Waals surface area contributed by atoms with Crippen LogP contribution in [0.25, 0.3) is 0 Å². The summed E-state index contributed by atoms with van der Waals surface area (Å²) >= 11 is 0. The smallest absolute Gasteiger partial charge is 0.00722 e. The highest BCUT2D eigenvalue weighted by atomic mass is 14.9. The lowest BCUT2D eigenvalue weighted by Gasteiger charge is -2.33. The average Bonchev–Trinajstić information content (AvgIpc) is 2.03. The van der Waals surface area contributed by atoms with E-state index in [2.05, 4.69) is 33.0 Å². The van der Waals surface area contributed by atoms with Gasteiger partial charge >= 0.3 is 0 Å². The minimum Gasteiger partial charge on any atom is -0.314 e. The van der Waals surface area contributed by atoms with Crippen molar-refractivity contribution < 1.29 is 0 Å². The van der Waals surface area contributed by atoms with Crippen LogP contribution in [0.4, 0.5) is 0 Å². The molecule has 1 N–H and O–H groups in total. The zero-order valence-electron chi connectivity index (χ0n) is 9.64. The molecule has 1 nitrogen and oxygen atoms in total. The van der Waals surface area contributed by atoms with Crippen molar-refractivity contribution >= 4 is 0 Å². The molecule has 1 rings (SSSR count). The van der Waals surface area contributed by atoms with Gasteiger partial charge in [0, 0.05) is 6.04 Å². The van der Waals surface area contributed by atoms with Gasteiger partial charge in [-0.1, -0.05) is 27.7 Å². The third-order valence-electron chi connectivity index (χ3n) is 3.23. The summed E-state index contributed by atoms with van der Waals surface area (Å²) in [6.07, 6.45) is 4.13. The molecular weight excluding hydrogens is 158 g/mol. The zero-order chi connectivity index (χ0) is 9.84. The van der Waals surface area contributed by atoms with Gasteiger partial charge in [-0.25, -0.2) is 0 Å². The summed E-state index contributed by atoms with van der Waals surface area (Å²) in [5, 5.41) is 3.64. The van der Waals surface area contributed by atoms with E-state index in [1.54, 1.807) is 0 Å². The van der Waals surface area contributed by atoms with Crippen molar-refractivity contribution in [2.45, 2.75) is 53.0 Å². The van der Waals surface area contributed by atoms with Crippen LogP contribution in [0.3, 0.4) is 0 Å². The first-order chi connectivity index (χ1) is 6.09. The van der Waals surface area contributed by atoms with Gasteiger partial charge in [0.1, 0.15) is 0 Å². The molecule has 1 aliphatic rings. The quantitative estimate of drug-likeness (QED) is 0.709. The molecule has 2 unspecified atom stereocenters. The lowest BCUT2D eigenvalue weighted by molar-refractivity contribution is 0.225. The Morgan fingerprint density at radius 1 is 1.23 bits per heavy atom. The fraction of sp³-hybridized carbons (Fsp3) is 1.00. The van der Waals surface area contributed by atoms with Crippen molar-refractivity contribution in [3.63, 3.8) is 0 Å². The minimum atomic E-state index is 0.793. The molecule has 1 heterocycles. The number of rotatable bonds is 3. The van der Waals surface area contributed by atoms with Crippen LogP contribution in [-0.4, -0.2) is 12.6 Å². The van der Waals surface area contributed by atoms with Crippen LogP contribution in [0.15, 0.2) is 0 Å². The Labute approximate surface area is 83.3 Å². The second kappa shape index (κ2) is 4.99. The SMILES string of the molecule is CC(C)CC1CC(C(C)C)CCN1. The van der Waals surface area contributed by atoms with Crippen molar-refractivity contribution in [3.8, 4) is 0 Å². The molecule has 2 atom stereocenters. The predicted molar refractivity (Wildman–Crippen MR) is 58.8 cm³/mol. The van der Waals surface area contributed by atoms with Gasteiger partial charge in [-0.3, -0.25) is 0 Å². The molecule has 0 radical (unpaired) electrons. The fourth-order valence-corrected chi connectivity index (χ4v) is 2.39. The summed E-state index contributed by atoms with van der Waals surface area (Å²) in [5.74, 6) is 2.67. The third kappa shape index (κ3) is 3.68. The number of hydrogen-bond donors (Lipinski definition) is 1. The van der Waals surface area contributed by atoms with Crippen molar-refractivity contribution in [1.82, 2.24) is 5.32 Å². The summed E-state index contributed by atoms with van der Waals surface area (Å²) < 4.78 is 0. The maximum absolute atomic E-state index is 3.64. The maximum Gasteiger partial charge on any atom is 0.00722 e. The van der Waals surface area contributed by atoms with Gasteiger partial charge in [0.05, 0.1) is 0 Å². The van der Waals surface area contributed by atoms with E-state index in [4.69, 9.17) is 0 Å². The first-order valence-corrected chi connectivity index (χ1v) is 5.83. The Hall–Kier alpha value is -0.0400. The van der Waals surface area contributed by atoms with Crippen LogP contribution in [-0.2, 0) is 0 Å². The van der Waals surface area contributed by atoms with E-state index in [0.29, 0.717) is 0 Å².